The van der Waals surface area contributed by atoms with E-state index in [-0.39, 0.29) is 6.61 Å². The van der Waals surface area contributed by atoms with Gasteiger partial charge in [-0.2, -0.15) is 0 Å². The second kappa shape index (κ2) is 13.3. The molecule has 0 aromatic heterocycles. The van der Waals surface area contributed by atoms with Crippen LogP contribution in [0.5, 0.6) is 5.75 Å². The van der Waals surface area contributed by atoms with E-state index in [9.17, 15) is 24.6 Å². The molecule has 0 spiro atoms. The molecule has 4 N–H and O–H groups in total. The molecule has 2 heterocycles. The Kier molecular flexibility index (Phi) is 10.2. The summed E-state index contributed by atoms with van der Waals surface area (Å²) in [7, 11) is 0. The molecule has 188 valence electrons. The standard InChI is InChI=1S/C25H37N3O6/c29-23(30)16-28-21-10-6-7-11-22(21)34-17-20(24(28)31)27-19(25(32)33)9-5-3-1-2-4-8-18-12-14-26-15-13-18/h6-7,10-11,18-20,26-27H,1-5,8-9,12-17H2,(H,29,30)(H,32,33)/t19-,20?/m0/s1. The number of amides is 1. The van der Waals surface area contributed by atoms with Crippen LogP contribution in [0.15, 0.2) is 24.3 Å². The molecule has 1 fully saturated rings. The van der Waals surface area contributed by atoms with Crippen LogP contribution in [0.2, 0.25) is 0 Å². The van der Waals surface area contributed by atoms with E-state index in [1.165, 1.54) is 25.7 Å². The number of unbranched alkanes of at least 4 members (excludes halogenated alkanes) is 4. The van der Waals surface area contributed by atoms with Crippen LogP contribution in [0.1, 0.15) is 57.8 Å². The van der Waals surface area contributed by atoms with E-state index < -0.39 is 36.5 Å². The molecule has 2 aliphatic rings. The van der Waals surface area contributed by atoms with Gasteiger partial charge in [-0.15, -0.1) is 0 Å². The zero-order chi connectivity index (χ0) is 24.3. The topological polar surface area (TPSA) is 128 Å². The number of carboxylic acid groups (broad SMARTS) is 2. The number of hydrogen-bond acceptors (Lipinski definition) is 6. The van der Waals surface area contributed by atoms with Gasteiger partial charge < -0.3 is 20.3 Å². The van der Waals surface area contributed by atoms with Gasteiger partial charge in [0.2, 0.25) is 5.91 Å². The number of nitrogens with zero attached hydrogens (tertiary/aromatic N) is 1. The highest BCUT2D eigenvalue weighted by Gasteiger charge is 2.35. The van der Waals surface area contributed by atoms with Crippen LogP contribution in [0.25, 0.3) is 0 Å². The van der Waals surface area contributed by atoms with Crippen molar-refractivity contribution in [2.75, 3.05) is 31.1 Å². The average Bonchev–Trinajstić information content (AvgIpc) is 2.95. The lowest BCUT2D eigenvalue weighted by molar-refractivity contribution is -0.141. The van der Waals surface area contributed by atoms with E-state index in [1.54, 1.807) is 24.3 Å². The first-order valence-electron chi connectivity index (χ1n) is 12.4. The highest BCUT2D eigenvalue weighted by Crippen LogP contribution is 2.31. The lowest BCUT2D eigenvalue weighted by Crippen LogP contribution is -2.54. The number of rotatable bonds is 13. The van der Waals surface area contributed by atoms with Crippen LogP contribution in [-0.2, 0) is 14.4 Å². The number of benzene rings is 1. The molecule has 1 saturated heterocycles. The molecule has 1 unspecified atom stereocenters. The Balaban J connectivity index is 1.47. The molecule has 0 saturated carbocycles. The number of piperidine rings is 1. The number of anilines is 1. The quantitative estimate of drug-likeness (QED) is 0.321. The average molecular weight is 476 g/mol. The van der Waals surface area contributed by atoms with Crippen molar-refractivity contribution < 1.29 is 29.3 Å². The Hall–Kier alpha value is -2.65. The maximum absolute atomic E-state index is 13.1. The van der Waals surface area contributed by atoms with E-state index >= 15 is 0 Å². The fourth-order valence-corrected chi connectivity index (χ4v) is 4.77. The van der Waals surface area contributed by atoms with Crippen molar-refractivity contribution in [1.82, 2.24) is 10.6 Å². The van der Waals surface area contributed by atoms with Gasteiger partial charge in [-0.1, -0.05) is 50.7 Å². The van der Waals surface area contributed by atoms with Gasteiger partial charge in [0.15, 0.2) is 0 Å². The minimum atomic E-state index is -1.15. The Morgan fingerprint density at radius 3 is 2.53 bits per heavy atom. The highest BCUT2D eigenvalue weighted by molar-refractivity contribution is 6.02. The predicted molar refractivity (Wildman–Crippen MR) is 128 cm³/mol. The van der Waals surface area contributed by atoms with Crippen molar-refractivity contribution in [3.8, 4) is 5.75 Å². The van der Waals surface area contributed by atoms with Crippen LogP contribution in [-0.4, -0.2) is 66.4 Å². The van der Waals surface area contributed by atoms with Gasteiger partial charge in [-0.25, -0.2) is 0 Å². The Labute approximate surface area is 200 Å². The molecular formula is C25H37N3O6. The summed E-state index contributed by atoms with van der Waals surface area (Å²) in [4.78, 5) is 37.5. The molecule has 1 aromatic rings. The molecule has 34 heavy (non-hydrogen) atoms. The molecule has 0 aliphatic carbocycles. The number of hydrogen-bond donors (Lipinski definition) is 4. The monoisotopic (exact) mass is 475 g/mol. The van der Waals surface area contributed by atoms with Crippen LogP contribution >= 0.6 is 0 Å². The number of carbonyl (C=O) groups excluding carboxylic acids is 1. The minimum absolute atomic E-state index is 0.0631. The number of aliphatic carboxylic acids is 2. The fraction of sp³-hybridized carbons (Fsp3) is 0.640. The summed E-state index contributed by atoms with van der Waals surface area (Å²) >= 11 is 0. The summed E-state index contributed by atoms with van der Waals surface area (Å²) in [6, 6.07) is 4.88. The lowest BCUT2D eigenvalue weighted by atomic mass is 9.92. The van der Waals surface area contributed by atoms with Gasteiger partial charge in [0.25, 0.3) is 0 Å². The van der Waals surface area contributed by atoms with E-state index in [0.717, 1.165) is 49.6 Å². The summed E-state index contributed by atoms with van der Waals surface area (Å²) in [5.74, 6) is -1.44. The van der Waals surface area contributed by atoms with Crippen LogP contribution in [0.3, 0.4) is 0 Å². The van der Waals surface area contributed by atoms with Crippen LogP contribution in [0, 0.1) is 5.92 Å². The van der Waals surface area contributed by atoms with Gasteiger partial charge in [0.1, 0.15) is 31.0 Å². The Morgan fingerprint density at radius 1 is 1.09 bits per heavy atom. The molecule has 1 aromatic carbocycles. The third-order valence-electron chi connectivity index (χ3n) is 6.68. The Bertz CT molecular complexity index is 827. The van der Waals surface area contributed by atoms with E-state index in [1.807, 2.05) is 0 Å². The third kappa shape index (κ3) is 7.70. The largest absolute Gasteiger partial charge is 0.489 e. The van der Waals surface area contributed by atoms with Gasteiger partial charge in [0.05, 0.1) is 5.69 Å². The number of ether oxygens (including phenoxy) is 1. The Morgan fingerprint density at radius 2 is 1.79 bits per heavy atom. The molecular weight excluding hydrogens is 438 g/mol. The predicted octanol–water partition coefficient (Wildman–Crippen LogP) is 2.64. The van der Waals surface area contributed by atoms with Crippen molar-refractivity contribution in [2.45, 2.75) is 69.9 Å². The van der Waals surface area contributed by atoms with Crippen LogP contribution in [0.4, 0.5) is 5.69 Å². The molecule has 1 amide bonds. The molecule has 3 rings (SSSR count). The smallest absolute Gasteiger partial charge is 0.323 e. The van der Waals surface area contributed by atoms with Crippen molar-refractivity contribution in [3.63, 3.8) is 0 Å². The first-order valence-corrected chi connectivity index (χ1v) is 12.4. The molecule has 0 bridgehead atoms. The summed E-state index contributed by atoms with van der Waals surface area (Å²) in [6.45, 7) is 1.67. The molecule has 9 nitrogen and oxygen atoms in total. The van der Waals surface area contributed by atoms with Crippen molar-refractivity contribution >= 4 is 23.5 Å². The van der Waals surface area contributed by atoms with E-state index in [0.29, 0.717) is 17.9 Å². The second-order valence-electron chi connectivity index (χ2n) is 9.25. The summed E-state index contributed by atoms with van der Waals surface area (Å²) in [6.07, 6.45) is 9.37. The van der Waals surface area contributed by atoms with Crippen molar-refractivity contribution in [3.05, 3.63) is 24.3 Å². The van der Waals surface area contributed by atoms with Gasteiger partial charge in [0, 0.05) is 0 Å². The first-order chi connectivity index (χ1) is 16.5. The van der Waals surface area contributed by atoms with Gasteiger partial charge in [-0.05, 0) is 50.4 Å². The second-order valence-corrected chi connectivity index (χ2v) is 9.25. The van der Waals surface area contributed by atoms with Crippen molar-refractivity contribution in [2.24, 2.45) is 5.92 Å². The summed E-state index contributed by atoms with van der Waals surface area (Å²) in [5.41, 5.74) is 0.371. The summed E-state index contributed by atoms with van der Waals surface area (Å²) < 4.78 is 5.73. The van der Waals surface area contributed by atoms with Crippen LogP contribution < -0.4 is 20.3 Å². The van der Waals surface area contributed by atoms with E-state index in [4.69, 9.17) is 4.74 Å². The fourth-order valence-electron chi connectivity index (χ4n) is 4.77. The number of para-hydroxylation sites is 2. The summed E-state index contributed by atoms with van der Waals surface area (Å²) in [5, 5.41) is 25.3. The molecule has 2 atom stereocenters. The number of nitrogens with one attached hydrogen (secondary N) is 2. The molecule has 0 radical (unpaired) electrons. The minimum Gasteiger partial charge on any atom is -0.489 e. The highest BCUT2D eigenvalue weighted by atomic mass is 16.5. The van der Waals surface area contributed by atoms with Crippen molar-refractivity contribution in [1.29, 1.82) is 0 Å². The normalized spacial score (nSPS) is 19.7. The molecule has 9 heteroatoms. The number of carbonyl (C=O) groups is 3. The van der Waals surface area contributed by atoms with Gasteiger partial charge in [-0.3, -0.25) is 24.6 Å². The number of fused-ring (bicyclic) bond motifs is 1. The lowest BCUT2D eigenvalue weighted by Gasteiger charge is -2.25. The zero-order valence-corrected chi connectivity index (χ0v) is 19.7. The van der Waals surface area contributed by atoms with Gasteiger partial charge >= 0.3 is 11.9 Å². The number of carboxylic acids is 2. The molecule has 2 aliphatic heterocycles. The maximum Gasteiger partial charge on any atom is 0.323 e. The van der Waals surface area contributed by atoms with E-state index in [2.05, 4.69) is 10.6 Å². The SMILES string of the molecule is O=C(O)CN1C(=O)C(N[C@@H](CCCCCCCC2CCNCC2)C(=O)O)COc2ccccc21. The third-order valence-corrected chi connectivity index (χ3v) is 6.68. The maximum atomic E-state index is 13.1. The zero-order valence-electron chi connectivity index (χ0n) is 19.7. The first kappa shape index (κ1) is 26.0.